The lowest BCUT2D eigenvalue weighted by atomic mass is 10.2. The molecule has 7 nitrogen and oxygen atoms in total. The predicted octanol–water partition coefficient (Wildman–Crippen LogP) is 2.82. The monoisotopic (exact) mass is 415 g/mol. The van der Waals surface area contributed by atoms with E-state index in [0.717, 1.165) is 11.6 Å². The number of fused-ring (bicyclic) bond motifs is 1. The van der Waals surface area contributed by atoms with Crippen molar-refractivity contribution in [1.29, 1.82) is 0 Å². The molecule has 2 aromatic carbocycles. The minimum absolute atomic E-state index is 0.112. The van der Waals surface area contributed by atoms with Gasteiger partial charge in [-0.25, -0.2) is 9.18 Å². The molecule has 0 aliphatic carbocycles. The highest BCUT2D eigenvalue weighted by molar-refractivity contribution is 5.89. The Morgan fingerprint density at radius 2 is 1.90 bits per heavy atom. The number of ether oxygens (including phenoxy) is 4. The van der Waals surface area contributed by atoms with Gasteiger partial charge in [0, 0.05) is 19.7 Å². The molecule has 0 radical (unpaired) electrons. The highest BCUT2D eigenvalue weighted by Gasteiger charge is 2.15. The van der Waals surface area contributed by atoms with E-state index in [2.05, 4.69) is 0 Å². The van der Waals surface area contributed by atoms with E-state index >= 15 is 0 Å². The van der Waals surface area contributed by atoms with Gasteiger partial charge in [-0.3, -0.25) is 4.79 Å². The summed E-state index contributed by atoms with van der Waals surface area (Å²) in [6.07, 6.45) is 2.53. The van der Waals surface area contributed by atoms with Crippen LogP contribution in [-0.2, 0) is 20.9 Å². The van der Waals surface area contributed by atoms with Crippen LogP contribution in [0.4, 0.5) is 4.39 Å². The maximum absolute atomic E-state index is 13.6. The molecule has 0 spiro atoms. The van der Waals surface area contributed by atoms with Crippen molar-refractivity contribution in [1.82, 2.24) is 4.90 Å². The van der Waals surface area contributed by atoms with E-state index in [4.69, 9.17) is 18.9 Å². The van der Waals surface area contributed by atoms with Crippen LogP contribution in [0.2, 0.25) is 0 Å². The molecule has 2 aromatic rings. The maximum atomic E-state index is 13.6. The number of halogens is 1. The molecule has 0 unspecified atom stereocenters. The van der Waals surface area contributed by atoms with Crippen LogP contribution in [0, 0.1) is 5.82 Å². The third-order valence-corrected chi connectivity index (χ3v) is 4.38. The largest absolute Gasteiger partial charge is 0.494 e. The number of carbonyl (C=O) groups excluding carboxylic acids is 2. The summed E-state index contributed by atoms with van der Waals surface area (Å²) in [6, 6.07) is 9.75. The van der Waals surface area contributed by atoms with Gasteiger partial charge < -0.3 is 23.8 Å². The molecule has 8 heteroatoms. The maximum Gasteiger partial charge on any atom is 0.331 e. The molecular weight excluding hydrogens is 393 g/mol. The van der Waals surface area contributed by atoms with E-state index in [9.17, 15) is 14.0 Å². The first-order valence-electron chi connectivity index (χ1n) is 9.27. The van der Waals surface area contributed by atoms with Crippen LogP contribution in [-0.4, -0.2) is 50.8 Å². The summed E-state index contributed by atoms with van der Waals surface area (Å²) >= 11 is 0. The molecule has 0 N–H and O–H groups in total. The van der Waals surface area contributed by atoms with Gasteiger partial charge in [0.05, 0.1) is 7.11 Å². The van der Waals surface area contributed by atoms with Gasteiger partial charge in [0.2, 0.25) is 0 Å². The Labute approximate surface area is 173 Å². The van der Waals surface area contributed by atoms with Crippen molar-refractivity contribution < 1.29 is 32.9 Å². The van der Waals surface area contributed by atoms with Crippen molar-refractivity contribution in [2.45, 2.75) is 6.54 Å². The Bertz CT molecular complexity index is 959. The quantitative estimate of drug-likeness (QED) is 0.512. The lowest BCUT2D eigenvalue weighted by molar-refractivity contribution is -0.147. The van der Waals surface area contributed by atoms with Crippen molar-refractivity contribution in [3.05, 3.63) is 59.4 Å². The molecule has 30 heavy (non-hydrogen) atoms. The highest BCUT2D eigenvalue weighted by atomic mass is 19.1. The normalized spacial score (nSPS) is 12.5. The van der Waals surface area contributed by atoms with Crippen LogP contribution < -0.4 is 14.2 Å². The van der Waals surface area contributed by atoms with Crippen molar-refractivity contribution in [2.75, 3.05) is 34.0 Å². The van der Waals surface area contributed by atoms with Crippen molar-refractivity contribution in [3.8, 4) is 17.2 Å². The van der Waals surface area contributed by atoms with Crippen LogP contribution in [0.1, 0.15) is 11.1 Å². The van der Waals surface area contributed by atoms with Crippen molar-refractivity contribution in [2.24, 2.45) is 0 Å². The zero-order chi connectivity index (χ0) is 21.5. The lowest BCUT2D eigenvalue weighted by Gasteiger charge is -2.21. The Morgan fingerprint density at radius 1 is 1.13 bits per heavy atom. The first-order valence-corrected chi connectivity index (χ1v) is 9.27. The molecular formula is C22H22FNO6. The average Bonchev–Trinajstić information content (AvgIpc) is 2.76. The van der Waals surface area contributed by atoms with E-state index in [1.807, 2.05) is 12.1 Å². The van der Waals surface area contributed by atoms with Gasteiger partial charge >= 0.3 is 5.97 Å². The number of rotatable bonds is 7. The number of hydrogen-bond acceptors (Lipinski definition) is 6. The van der Waals surface area contributed by atoms with Gasteiger partial charge in [-0.05, 0) is 41.5 Å². The summed E-state index contributed by atoms with van der Waals surface area (Å²) in [4.78, 5) is 25.5. The third kappa shape index (κ3) is 5.50. The number of esters is 1. The molecule has 0 fully saturated rings. The fourth-order valence-electron chi connectivity index (χ4n) is 2.79. The van der Waals surface area contributed by atoms with Gasteiger partial charge in [-0.2, -0.15) is 0 Å². The van der Waals surface area contributed by atoms with E-state index in [1.54, 1.807) is 19.2 Å². The first-order chi connectivity index (χ1) is 14.5. The number of methoxy groups -OCH3 is 1. The van der Waals surface area contributed by atoms with Gasteiger partial charge in [0.1, 0.15) is 13.2 Å². The summed E-state index contributed by atoms with van der Waals surface area (Å²) < 4.78 is 34.5. The minimum Gasteiger partial charge on any atom is -0.494 e. The Morgan fingerprint density at radius 3 is 2.63 bits per heavy atom. The fraction of sp³-hybridized carbons (Fsp3) is 0.273. The summed E-state index contributed by atoms with van der Waals surface area (Å²) in [5.74, 6) is -0.164. The minimum atomic E-state index is -0.702. The van der Waals surface area contributed by atoms with Crippen LogP contribution in [0.3, 0.4) is 0 Å². The summed E-state index contributed by atoms with van der Waals surface area (Å²) in [6.45, 7) is 0.922. The van der Waals surface area contributed by atoms with Crippen molar-refractivity contribution in [3.63, 3.8) is 0 Å². The van der Waals surface area contributed by atoms with Gasteiger partial charge in [0.15, 0.2) is 29.7 Å². The lowest BCUT2D eigenvalue weighted by Crippen LogP contribution is -2.30. The second kappa shape index (κ2) is 9.78. The molecule has 0 aromatic heterocycles. The molecule has 1 aliphatic heterocycles. The Kier molecular flexibility index (Phi) is 6.90. The number of benzene rings is 2. The van der Waals surface area contributed by atoms with E-state index < -0.39 is 18.4 Å². The summed E-state index contributed by atoms with van der Waals surface area (Å²) in [5.41, 5.74) is 1.33. The smallest absolute Gasteiger partial charge is 0.331 e. The van der Waals surface area contributed by atoms with Gasteiger partial charge in [-0.1, -0.05) is 12.1 Å². The van der Waals surface area contributed by atoms with Crippen LogP contribution in [0.25, 0.3) is 6.08 Å². The zero-order valence-electron chi connectivity index (χ0n) is 16.7. The number of likely N-dealkylation sites (N-methyl/N-ethyl adjacent to an activating group) is 1. The Balaban J connectivity index is 1.48. The molecule has 1 amide bonds. The number of amides is 1. The van der Waals surface area contributed by atoms with E-state index in [1.165, 1.54) is 30.2 Å². The molecule has 1 heterocycles. The second-order valence-electron chi connectivity index (χ2n) is 6.56. The third-order valence-electron chi connectivity index (χ3n) is 4.38. The Hall–Kier alpha value is -3.55. The zero-order valence-corrected chi connectivity index (χ0v) is 16.7. The molecule has 0 saturated heterocycles. The molecule has 3 rings (SSSR count). The molecule has 1 aliphatic rings. The summed E-state index contributed by atoms with van der Waals surface area (Å²) in [7, 11) is 2.98. The average molecular weight is 415 g/mol. The van der Waals surface area contributed by atoms with Crippen LogP contribution in [0.5, 0.6) is 17.2 Å². The van der Waals surface area contributed by atoms with Crippen LogP contribution >= 0.6 is 0 Å². The first kappa shape index (κ1) is 21.2. The second-order valence-corrected chi connectivity index (χ2v) is 6.56. The molecule has 0 atom stereocenters. The number of hydrogen-bond donors (Lipinski definition) is 0. The SMILES string of the molecule is COc1ccc(/C=C/C(=O)OCC(=O)N(C)Cc2ccc3c(c2)OCCO3)cc1F. The highest BCUT2D eigenvalue weighted by Crippen LogP contribution is 2.31. The van der Waals surface area contributed by atoms with Gasteiger partial charge in [0.25, 0.3) is 5.91 Å². The number of carbonyl (C=O) groups is 2. The standard InChI is InChI=1S/C22H22FNO6/c1-24(13-16-4-7-19-20(12-16)29-10-9-28-19)21(25)14-30-22(26)8-5-15-3-6-18(27-2)17(23)11-15/h3-8,11-12H,9-10,13-14H2,1-2H3/b8-5+. The predicted molar refractivity (Wildman–Crippen MR) is 107 cm³/mol. The topological polar surface area (TPSA) is 74.3 Å². The van der Waals surface area contributed by atoms with E-state index in [0.29, 0.717) is 36.8 Å². The molecule has 0 saturated carbocycles. The molecule has 158 valence electrons. The van der Waals surface area contributed by atoms with Gasteiger partial charge in [-0.15, -0.1) is 0 Å². The number of nitrogens with zero attached hydrogens (tertiary/aromatic N) is 1. The summed E-state index contributed by atoms with van der Waals surface area (Å²) in [5, 5.41) is 0. The van der Waals surface area contributed by atoms with E-state index in [-0.39, 0.29) is 11.7 Å². The molecule has 0 bridgehead atoms. The van der Waals surface area contributed by atoms with Crippen molar-refractivity contribution >= 4 is 18.0 Å². The fourth-order valence-corrected chi connectivity index (χ4v) is 2.79. The van der Waals surface area contributed by atoms with Crippen LogP contribution in [0.15, 0.2) is 42.5 Å².